The molecule has 1 heterocycles. The number of morpholine rings is 1. The SMILES string of the molecule is CNC1(C(=O)OC)CCC(N2CCOCC2)C1. The Morgan fingerprint density at radius 2 is 2.18 bits per heavy atom. The summed E-state index contributed by atoms with van der Waals surface area (Å²) in [6.07, 6.45) is 2.75. The Labute approximate surface area is 102 Å². The van der Waals surface area contributed by atoms with Crippen LogP contribution < -0.4 is 5.32 Å². The maximum absolute atomic E-state index is 11.9. The second-order valence-electron chi connectivity index (χ2n) is 4.87. The van der Waals surface area contributed by atoms with Crippen molar-refractivity contribution in [2.24, 2.45) is 0 Å². The first kappa shape index (κ1) is 12.8. The van der Waals surface area contributed by atoms with E-state index in [0.717, 1.165) is 45.6 Å². The van der Waals surface area contributed by atoms with Gasteiger partial charge in [-0.15, -0.1) is 0 Å². The number of likely N-dealkylation sites (N-methyl/N-ethyl adjacent to an activating group) is 1. The first-order chi connectivity index (χ1) is 8.22. The Balaban J connectivity index is 1.99. The third kappa shape index (κ3) is 2.46. The van der Waals surface area contributed by atoms with Gasteiger partial charge in [0.15, 0.2) is 0 Å². The fraction of sp³-hybridized carbons (Fsp3) is 0.917. The number of hydrogen-bond acceptors (Lipinski definition) is 5. The lowest BCUT2D eigenvalue weighted by molar-refractivity contribution is -0.148. The third-order valence-corrected chi connectivity index (χ3v) is 4.11. The highest BCUT2D eigenvalue weighted by molar-refractivity contribution is 5.81. The highest BCUT2D eigenvalue weighted by atomic mass is 16.5. The lowest BCUT2D eigenvalue weighted by Crippen LogP contribution is -2.51. The largest absolute Gasteiger partial charge is 0.468 e. The Morgan fingerprint density at radius 1 is 1.47 bits per heavy atom. The number of ether oxygens (including phenoxy) is 2. The topological polar surface area (TPSA) is 50.8 Å². The van der Waals surface area contributed by atoms with Gasteiger partial charge in [-0.05, 0) is 26.3 Å². The Morgan fingerprint density at radius 3 is 2.76 bits per heavy atom. The van der Waals surface area contributed by atoms with Gasteiger partial charge >= 0.3 is 5.97 Å². The second kappa shape index (κ2) is 5.33. The molecule has 0 aromatic rings. The first-order valence-corrected chi connectivity index (χ1v) is 6.31. The second-order valence-corrected chi connectivity index (χ2v) is 4.87. The third-order valence-electron chi connectivity index (χ3n) is 4.11. The Kier molecular flexibility index (Phi) is 4.01. The molecule has 1 N–H and O–H groups in total. The van der Waals surface area contributed by atoms with Crippen LogP contribution in [0, 0.1) is 0 Å². The van der Waals surface area contributed by atoms with Gasteiger partial charge in [-0.1, -0.05) is 0 Å². The molecular formula is C12H22N2O3. The molecule has 5 heteroatoms. The molecule has 2 aliphatic rings. The molecule has 17 heavy (non-hydrogen) atoms. The van der Waals surface area contributed by atoms with E-state index in [0.29, 0.717) is 6.04 Å². The molecule has 0 amide bonds. The van der Waals surface area contributed by atoms with Crippen molar-refractivity contribution in [3.05, 3.63) is 0 Å². The van der Waals surface area contributed by atoms with Crippen LogP contribution in [-0.4, -0.2) is 62.9 Å². The standard InChI is InChI=1S/C12H22N2O3/c1-13-12(11(15)16-2)4-3-10(9-12)14-5-7-17-8-6-14/h10,13H,3-9H2,1-2H3. The number of hydrogen-bond donors (Lipinski definition) is 1. The molecule has 2 atom stereocenters. The normalized spacial score (nSPS) is 34.8. The van der Waals surface area contributed by atoms with Crippen LogP contribution >= 0.6 is 0 Å². The average Bonchev–Trinajstić information content (AvgIpc) is 2.84. The van der Waals surface area contributed by atoms with E-state index in [1.807, 2.05) is 7.05 Å². The summed E-state index contributed by atoms with van der Waals surface area (Å²) in [5.74, 6) is -0.129. The van der Waals surface area contributed by atoms with Gasteiger partial charge in [0.25, 0.3) is 0 Å². The molecule has 2 unspecified atom stereocenters. The quantitative estimate of drug-likeness (QED) is 0.706. The molecule has 0 bridgehead atoms. The van der Waals surface area contributed by atoms with E-state index in [1.54, 1.807) is 0 Å². The predicted molar refractivity (Wildman–Crippen MR) is 63.8 cm³/mol. The van der Waals surface area contributed by atoms with Gasteiger partial charge in [0.1, 0.15) is 5.54 Å². The van der Waals surface area contributed by atoms with Crippen molar-refractivity contribution in [1.29, 1.82) is 0 Å². The molecule has 5 nitrogen and oxygen atoms in total. The summed E-state index contributed by atoms with van der Waals surface area (Å²) in [6.45, 7) is 3.57. The van der Waals surface area contributed by atoms with Crippen LogP contribution in [0.25, 0.3) is 0 Å². The Hall–Kier alpha value is -0.650. The smallest absolute Gasteiger partial charge is 0.326 e. The van der Waals surface area contributed by atoms with Gasteiger partial charge < -0.3 is 14.8 Å². The summed E-state index contributed by atoms with van der Waals surface area (Å²) in [7, 11) is 3.31. The van der Waals surface area contributed by atoms with Crippen LogP contribution in [0.5, 0.6) is 0 Å². The van der Waals surface area contributed by atoms with Crippen molar-refractivity contribution in [3.8, 4) is 0 Å². The van der Waals surface area contributed by atoms with Gasteiger partial charge in [0.2, 0.25) is 0 Å². The number of rotatable bonds is 3. The number of methoxy groups -OCH3 is 1. The number of nitrogens with zero attached hydrogens (tertiary/aromatic N) is 1. The number of esters is 1. The summed E-state index contributed by atoms with van der Waals surface area (Å²) in [5, 5.41) is 3.16. The molecule has 0 aromatic carbocycles. The van der Waals surface area contributed by atoms with Crippen LogP contribution in [0.2, 0.25) is 0 Å². The van der Waals surface area contributed by atoms with Crippen LogP contribution in [0.4, 0.5) is 0 Å². The van der Waals surface area contributed by atoms with Crippen molar-refractivity contribution < 1.29 is 14.3 Å². The van der Waals surface area contributed by atoms with Crippen LogP contribution in [0.1, 0.15) is 19.3 Å². The molecule has 1 aliphatic heterocycles. The zero-order valence-corrected chi connectivity index (χ0v) is 10.7. The summed E-state index contributed by atoms with van der Waals surface area (Å²) in [4.78, 5) is 14.3. The first-order valence-electron chi connectivity index (χ1n) is 6.31. The van der Waals surface area contributed by atoms with Gasteiger partial charge in [-0.3, -0.25) is 9.69 Å². The molecule has 1 saturated heterocycles. The van der Waals surface area contributed by atoms with E-state index in [4.69, 9.17) is 9.47 Å². The van der Waals surface area contributed by atoms with Crippen molar-refractivity contribution in [2.75, 3.05) is 40.5 Å². The number of nitrogens with one attached hydrogen (secondary N) is 1. The lowest BCUT2D eigenvalue weighted by Gasteiger charge is -2.33. The van der Waals surface area contributed by atoms with Gasteiger partial charge in [0.05, 0.1) is 20.3 Å². The van der Waals surface area contributed by atoms with Crippen molar-refractivity contribution in [1.82, 2.24) is 10.2 Å². The molecule has 0 radical (unpaired) electrons. The van der Waals surface area contributed by atoms with E-state index in [9.17, 15) is 4.79 Å². The van der Waals surface area contributed by atoms with Gasteiger partial charge in [-0.25, -0.2) is 0 Å². The summed E-state index contributed by atoms with van der Waals surface area (Å²) in [5.41, 5.74) is -0.474. The minimum atomic E-state index is -0.474. The maximum Gasteiger partial charge on any atom is 0.326 e. The van der Waals surface area contributed by atoms with Crippen molar-refractivity contribution in [2.45, 2.75) is 30.8 Å². The summed E-state index contributed by atoms with van der Waals surface area (Å²) in [6, 6.07) is 0.477. The average molecular weight is 242 g/mol. The fourth-order valence-corrected chi connectivity index (χ4v) is 2.98. The minimum absolute atomic E-state index is 0.129. The van der Waals surface area contributed by atoms with Crippen molar-refractivity contribution in [3.63, 3.8) is 0 Å². The zero-order valence-electron chi connectivity index (χ0n) is 10.7. The molecule has 1 saturated carbocycles. The molecule has 0 aromatic heterocycles. The highest BCUT2D eigenvalue weighted by Gasteiger charge is 2.46. The predicted octanol–water partition coefficient (Wildman–Crippen LogP) is 0.00230. The Bertz CT molecular complexity index is 279. The monoisotopic (exact) mass is 242 g/mol. The van der Waals surface area contributed by atoms with E-state index in [1.165, 1.54) is 7.11 Å². The van der Waals surface area contributed by atoms with Crippen LogP contribution in [-0.2, 0) is 14.3 Å². The van der Waals surface area contributed by atoms with E-state index in [-0.39, 0.29) is 5.97 Å². The minimum Gasteiger partial charge on any atom is -0.468 e. The van der Waals surface area contributed by atoms with E-state index < -0.39 is 5.54 Å². The lowest BCUT2D eigenvalue weighted by atomic mass is 9.97. The van der Waals surface area contributed by atoms with Gasteiger partial charge in [0, 0.05) is 19.1 Å². The zero-order chi connectivity index (χ0) is 12.3. The molecule has 2 rings (SSSR count). The molecule has 98 valence electrons. The van der Waals surface area contributed by atoms with Gasteiger partial charge in [-0.2, -0.15) is 0 Å². The number of carbonyl (C=O) groups excluding carboxylic acids is 1. The van der Waals surface area contributed by atoms with E-state index >= 15 is 0 Å². The molecule has 1 aliphatic carbocycles. The van der Waals surface area contributed by atoms with Crippen LogP contribution in [0.3, 0.4) is 0 Å². The molecular weight excluding hydrogens is 220 g/mol. The van der Waals surface area contributed by atoms with Crippen molar-refractivity contribution >= 4 is 5.97 Å². The van der Waals surface area contributed by atoms with Crippen LogP contribution in [0.15, 0.2) is 0 Å². The van der Waals surface area contributed by atoms with E-state index in [2.05, 4.69) is 10.2 Å². The highest BCUT2D eigenvalue weighted by Crippen LogP contribution is 2.34. The molecule has 2 fully saturated rings. The number of carbonyl (C=O) groups is 1. The summed E-state index contributed by atoms with van der Waals surface area (Å²) >= 11 is 0. The fourth-order valence-electron chi connectivity index (χ4n) is 2.98. The molecule has 0 spiro atoms. The summed E-state index contributed by atoms with van der Waals surface area (Å²) < 4.78 is 10.3. The maximum atomic E-state index is 11.9.